The third-order valence-electron chi connectivity index (χ3n) is 2.94. The number of rotatable bonds is 4. The molecule has 0 bridgehead atoms. The average Bonchev–Trinajstić information content (AvgIpc) is 2.51. The van der Waals surface area contributed by atoms with Gasteiger partial charge in [-0.05, 0) is 24.1 Å². The van der Waals surface area contributed by atoms with Gasteiger partial charge in [-0.2, -0.15) is 0 Å². The number of hydrogen-bond donors (Lipinski definition) is 2. The lowest BCUT2D eigenvalue weighted by molar-refractivity contribution is 0.171. The molecule has 0 saturated carbocycles. The van der Waals surface area contributed by atoms with Crippen LogP contribution < -0.4 is 20.1 Å². The number of nitrogens with one attached hydrogen (secondary N) is 2. The van der Waals surface area contributed by atoms with Gasteiger partial charge < -0.3 is 20.1 Å². The summed E-state index contributed by atoms with van der Waals surface area (Å²) in [4.78, 5) is 4.07. The van der Waals surface area contributed by atoms with Gasteiger partial charge in [0.15, 0.2) is 17.5 Å². The SMILES string of the molecule is C#CCNC(=NC)NCCc1cc(Cl)c2c(c1)OCCO2. The predicted octanol–water partition coefficient (Wildman–Crippen LogP) is 1.45. The Morgan fingerprint density at radius 2 is 2.19 bits per heavy atom. The van der Waals surface area contributed by atoms with E-state index in [2.05, 4.69) is 21.5 Å². The molecule has 21 heavy (non-hydrogen) atoms. The summed E-state index contributed by atoms with van der Waals surface area (Å²) in [5.41, 5.74) is 1.07. The Morgan fingerprint density at radius 3 is 2.95 bits per heavy atom. The smallest absolute Gasteiger partial charge is 0.191 e. The third-order valence-corrected chi connectivity index (χ3v) is 3.22. The van der Waals surface area contributed by atoms with Crippen molar-refractivity contribution in [3.05, 3.63) is 22.7 Å². The lowest BCUT2D eigenvalue weighted by Gasteiger charge is -2.20. The fraction of sp³-hybridized carbons (Fsp3) is 0.400. The minimum absolute atomic E-state index is 0.440. The van der Waals surface area contributed by atoms with E-state index in [1.807, 2.05) is 12.1 Å². The van der Waals surface area contributed by atoms with Crippen molar-refractivity contribution >= 4 is 17.6 Å². The summed E-state index contributed by atoms with van der Waals surface area (Å²) in [6.07, 6.45) is 5.98. The van der Waals surface area contributed by atoms with Crippen LogP contribution in [0.3, 0.4) is 0 Å². The second-order valence-corrected chi connectivity index (χ2v) is 4.82. The summed E-state index contributed by atoms with van der Waals surface area (Å²) in [6.45, 7) is 2.23. The largest absolute Gasteiger partial charge is 0.486 e. The van der Waals surface area contributed by atoms with E-state index in [0.29, 0.717) is 48.8 Å². The van der Waals surface area contributed by atoms with Crippen LogP contribution in [0.15, 0.2) is 17.1 Å². The van der Waals surface area contributed by atoms with Crippen LogP contribution in [-0.2, 0) is 6.42 Å². The molecule has 1 aliphatic rings. The van der Waals surface area contributed by atoms with Gasteiger partial charge in [-0.25, -0.2) is 0 Å². The molecule has 1 aromatic carbocycles. The molecular weight excluding hydrogens is 290 g/mol. The number of halogens is 1. The Bertz CT molecular complexity index is 567. The van der Waals surface area contributed by atoms with Crippen molar-refractivity contribution < 1.29 is 9.47 Å². The normalized spacial score (nSPS) is 13.5. The van der Waals surface area contributed by atoms with E-state index in [4.69, 9.17) is 27.5 Å². The zero-order valence-corrected chi connectivity index (χ0v) is 12.7. The molecule has 0 unspecified atom stereocenters. The second-order valence-electron chi connectivity index (χ2n) is 4.41. The molecule has 0 amide bonds. The highest BCUT2D eigenvalue weighted by molar-refractivity contribution is 6.32. The summed E-state index contributed by atoms with van der Waals surface area (Å²) < 4.78 is 11.1. The van der Waals surface area contributed by atoms with Gasteiger partial charge in [0.1, 0.15) is 13.2 Å². The molecule has 0 fully saturated rings. The maximum Gasteiger partial charge on any atom is 0.191 e. The molecule has 2 rings (SSSR count). The highest BCUT2D eigenvalue weighted by Crippen LogP contribution is 2.38. The molecule has 5 nitrogen and oxygen atoms in total. The van der Waals surface area contributed by atoms with Gasteiger partial charge in [0, 0.05) is 13.6 Å². The van der Waals surface area contributed by atoms with Crippen molar-refractivity contribution in [2.45, 2.75) is 6.42 Å². The first-order valence-electron chi connectivity index (χ1n) is 6.70. The van der Waals surface area contributed by atoms with Crippen molar-refractivity contribution in [3.63, 3.8) is 0 Å². The quantitative estimate of drug-likeness (QED) is 0.502. The number of fused-ring (bicyclic) bond motifs is 1. The van der Waals surface area contributed by atoms with Crippen molar-refractivity contribution in [1.82, 2.24) is 10.6 Å². The Balaban J connectivity index is 1.92. The first-order chi connectivity index (χ1) is 10.2. The van der Waals surface area contributed by atoms with E-state index < -0.39 is 0 Å². The summed E-state index contributed by atoms with van der Waals surface area (Å²) in [5.74, 6) is 4.52. The summed E-state index contributed by atoms with van der Waals surface area (Å²) >= 11 is 6.20. The van der Waals surface area contributed by atoms with Crippen LogP contribution >= 0.6 is 11.6 Å². The highest BCUT2D eigenvalue weighted by atomic mass is 35.5. The zero-order valence-electron chi connectivity index (χ0n) is 11.9. The van der Waals surface area contributed by atoms with E-state index in [0.717, 1.165) is 12.0 Å². The highest BCUT2D eigenvalue weighted by Gasteiger charge is 2.16. The van der Waals surface area contributed by atoms with E-state index in [9.17, 15) is 0 Å². The number of aliphatic imine (C=N–C) groups is 1. The number of hydrogen-bond acceptors (Lipinski definition) is 3. The zero-order chi connectivity index (χ0) is 15.1. The van der Waals surface area contributed by atoms with Crippen molar-refractivity contribution in [2.24, 2.45) is 4.99 Å². The molecule has 0 aliphatic carbocycles. The first-order valence-corrected chi connectivity index (χ1v) is 7.08. The number of nitrogens with zero attached hydrogens (tertiary/aromatic N) is 1. The fourth-order valence-corrected chi connectivity index (χ4v) is 2.28. The summed E-state index contributed by atoms with van der Waals surface area (Å²) in [7, 11) is 1.70. The van der Waals surface area contributed by atoms with Gasteiger partial charge in [-0.15, -0.1) is 6.42 Å². The molecule has 0 atom stereocenters. The summed E-state index contributed by atoms with van der Waals surface area (Å²) in [6, 6.07) is 3.86. The topological polar surface area (TPSA) is 54.9 Å². The molecule has 1 aromatic rings. The van der Waals surface area contributed by atoms with E-state index in [1.165, 1.54) is 0 Å². The Hall–Kier alpha value is -2.06. The van der Waals surface area contributed by atoms with Gasteiger partial charge in [-0.1, -0.05) is 17.5 Å². The second kappa shape index (κ2) is 7.65. The molecule has 0 spiro atoms. The number of benzene rings is 1. The van der Waals surface area contributed by atoms with Gasteiger partial charge >= 0.3 is 0 Å². The number of terminal acetylenes is 1. The molecule has 1 aliphatic heterocycles. The standard InChI is InChI=1S/C15H18ClN3O2/c1-3-5-18-15(17-2)19-6-4-11-9-12(16)14-13(10-11)20-7-8-21-14/h1,9-10H,4-8H2,2H3,(H2,17,18,19). The maximum atomic E-state index is 6.20. The molecule has 0 aromatic heterocycles. The molecule has 2 N–H and O–H groups in total. The van der Waals surface area contributed by atoms with Gasteiger partial charge in [0.25, 0.3) is 0 Å². The van der Waals surface area contributed by atoms with Crippen LogP contribution in [0.4, 0.5) is 0 Å². The van der Waals surface area contributed by atoms with Crippen LogP contribution in [-0.4, -0.2) is 39.3 Å². The van der Waals surface area contributed by atoms with Gasteiger partial charge in [0.2, 0.25) is 0 Å². The molecule has 112 valence electrons. The Kier molecular flexibility index (Phi) is 5.59. The fourth-order valence-electron chi connectivity index (χ4n) is 1.99. The minimum Gasteiger partial charge on any atom is -0.486 e. The van der Waals surface area contributed by atoms with Crippen LogP contribution in [0.2, 0.25) is 5.02 Å². The predicted molar refractivity (Wildman–Crippen MR) is 84.3 cm³/mol. The van der Waals surface area contributed by atoms with E-state index in [-0.39, 0.29) is 0 Å². The molecule has 0 radical (unpaired) electrons. The minimum atomic E-state index is 0.440. The summed E-state index contributed by atoms with van der Waals surface area (Å²) in [5, 5.41) is 6.76. The van der Waals surface area contributed by atoms with E-state index >= 15 is 0 Å². The van der Waals surface area contributed by atoms with Crippen molar-refractivity contribution in [1.29, 1.82) is 0 Å². The van der Waals surface area contributed by atoms with Crippen LogP contribution in [0.1, 0.15) is 5.56 Å². The molecule has 1 heterocycles. The average molecular weight is 308 g/mol. The molecular formula is C15H18ClN3O2. The lowest BCUT2D eigenvalue weighted by Crippen LogP contribution is -2.38. The van der Waals surface area contributed by atoms with Crippen LogP contribution in [0.5, 0.6) is 11.5 Å². The van der Waals surface area contributed by atoms with Gasteiger partial charge in [0.05, 0.1) is 11.6 Å². The molecule has 6 heteroatoms. The first kappa shape index (κ1) is 15.3. The van der Waals surface area contributed by atoms with E-state index in [1.54, 1.807) is 7.05 Å². The third kappa shape index (κ3) is 4.20. The number of ether oxygens (including phenoxy) is 2. The van der Waals surface area contributed by atoms with Crippen LogP contribution in [0, 0.1) is 12.3 Å². The lowest BCUT2D eigenvalue weighted by atomic mass is 10.1. The Labute approximate surface area is 129 Å². The van der Waals surface area contributed by atoms with Crippen molar-refractivity contribution in [2.75, 3.05) is 33.4 Å². The Morgan fingerprint density at radius 1 is 1.38 bits per heavy atom. The van der Waals surface area contributed by atoms with Gasteiger partial charge in [-0.3, -0.25) is 4.99 Å². The molecule has 0 saturated heterocycles. The van der Waals surface area contributed by atoms with Crippen LogP contribution in [0.25, 0.3) is 0 Å². The number of guanidine groups is 1. The monoisotopic (exact) mass is 307 g/mol. The maximum absolute atomic E-state index is 6.20. The van der Waals surface area contributed by atoms with Crippen molar-refractivity contribution in [3.8, 4) is 23.8 Å².